The van der Waals surface area contributed by atoms with E-state index >= 15 is 0 Å². The van der Waals surface area contributed by atoms with Gasteiger partial charge in [-0.25, -0.2) is 0 Å². The zero-order chi connectivity index (χ0) is 12.6. The molecule has 0 aromatic carbocycles. The van der Waals surface area contributed by atoms with Gasteiger partial charge in [-0.15, -0.1) is 0 Å². The van der Waals surface area contributed by atoms with E-state index in [0.717, 1.165) is 19.6 Å². The lowest BCUT2D eigenvalue weighted by Gasteiger charge is -2.18. The third-order valence-electron chi connectivity index (χ3n) is 2.35. The summed E-state index contributed by atoms with van der Waals surface area (Å²) in [6.07, 6.45) is 1.09. The van der Waals surface area contributed by atoms with Crippen LogP contribution in [0.3, 0.4) is 0 Å². The molecule has 1 unspecified atom stereocenters. The number of nitrogens with zero attached hydrogens (tertiary/aromatic N) is 1. The number of hydrogen-bond acceptors (Lipinski definition) is 3. The van der Waals surface area contributed by atoms with Crippen molar-refractivity contribution >= 4 is 5.91 Å². The molecule has 0 saturated heterocycles. The van der Waals surface area contributed by atoms with E-state index in [1.807, 2.05) is 6.92 Å². The summed E-state index contributed by atoms with van der Waals surface area (Å²) < 4.78 is 5.45. The predicted octanol–water partition coefficient (Wildman–Crippen LogP) is 1.12. The summed E-state index contributed by atoms with van der Waals surface area (Å²) in [6.45, 7) is 8.42. The Kier molecular flexibility index (Phi) is 8.21. The number of hydrogen-bond donors (Lipinski definition) is 1. The van der Waals surface area contributed by atoms with Crippen molar-refractivity contribution in [2.75, 3.05) is 33.9 Å². The third-order valence-corrected chi connectivity index (χ3v) is 2.35. The summed E-state index contributed by atoms with van der Waals surface area (Å²) in [6, 6.07) is -0.135. The molecule has 0 heterocycles. The molecule has 0 aromatic rings. The van der Waals surface area contributed by atoms with Crippen molar-refractivity contribution in [1.82, 2.24) is 10.2 Å². The summed E-state index contributed by atoms with van der Waals surface area (Å²) in [5.41, 5.74) is 0. The second kappa shape index (κ2) is 8.53. The summed E-state index contributed by atoms with van der Waals surface area (Å²) >= 11 is 0. The normalized spacial score (nSPS) is 12.9. The Morgan fingerprint density at radius 3 is 2.38 bits per heavy atom. The van der Waals surface area contributed by atoms with Crippen molar-refractivity contribution in [3.8, 4) is 0 Å². The topological polar surface area (TPSA) is 41.6 Å². The van der Waals surface area contributed by atoms with E-state index in [4.69, 9.17) is 4.74 Å². The highest BCUT2D eigenvalue weighted by Crippen LogP contribution is 1.98. The van der Waals surface area contributed by atoms with E-state index in [0.29, 0.717) is 12.5 Å². The van der Waals surface area contributed by atoms with Gasteiger partial charge >= 0.3 is 0 Å². The van der Waals surface area contributed by atoms with E-state index in [9.17, 15) is 4.79 Å². The van der Waals surface area contributed by atoms with Gasteiger partial charge in [-0.05, 0) is 19.3 Å². The van der Waals surface area contributed by atoms with E-state index in [2.05, 4.69) is 19.2 Å². The van der Waals surface area contributed by atoms with Crippen molar-refractivity contribution in [2.24, 2.45) is 5.92 Å². The molecule has 4 nitrogen and oxygen atoms in total. The molecule has 4 heteroatoms. The Morgan fingerprint density at radius 1 is 1.25 bits per heavy atom. The van der Waals surface area contributed by atoms with E-state index in [1.54, 1.807) is 19.0 Å². The lowest BCUT2D eigenvalue weighted by molar-refractivity contribution is -0.130. The number of carbonyl (C=O) groups excluding carboxylic acids is 1. The van der Waals surface area contributed by atoms with Crippen LogP contribution in [0.25, 0.3) is 0 Å². The summed E-state index contributed by atoms with van der Waals surface area (Å²) in [4.78, 5) is 13.1. The molecule has 0 aliphatic heterocycles. The highest BCUT2D eigenvalue weighted by atomic mass is 16.5. The molecule has 0 bridgehead atoms. The number of amides is 1. The first-order valence-corrected chi connectivity index (χ1v) is 5.97. The molecule has 0 fully saturated rings. The van der Waals surface area contributed by atoms with Crippen molar-refractivity contribution in [3.05, 3.63) is 0 Å². The van der Waals surface area contributed by atoms with Gasteiger partial charge in [0.1, 0.15) is 0 Å². The van der Waals surface area contributed by atoms with Gasteiger partial charge in [0.05, 0.1) is 12.6 Å². The van der Waals surface area contributed by atoms with Gasteiger partial charge in [0.15, 0.2) is 0 Å². The molecule has 1 amide bonds. The lowest BCUT2D eigenvalue weighted by Crippen LogP contribution is -2.42. The van der Waals surface area contributed by atoms with E-state index in [-0.39, 0.29) is 11.9 Å². The largest absolute Gasteiger partial charge is 0.380 e. The second-order valence-electron chi connectivity index (χ2n) is 4.70. The molecular formula is C12H26N2O2. The van der Waals surface area contributed by atoms with Crippen LogP contribution in [0.4, 0.5) is 0 Å². The second-order valence-corrected chi connectivity index (χ2v) is 4.70. The first-order valence-electron chi connectivity index (χ1n) is 5.97. The van der Waals surface area contributed by atoms with Crippen LogP contribution < -0.4 is 5.32 Å². The van der Waals surface area contributed by atoms with Gasteiger partial charge < -0.3 is 15.0 Å². The maximum Gasteiger partial charge on any atom is 0.238 e. The fourth-order valence-electron chi connectivity index (χ4n) is 1.24. The van der Waals surface area contributed by atoms with Crippen LogP contribution in [0.15, 0.2) is 0 Å². The first kappa shape index (κ1) is 15.4. The van der Waals surface area contributed by atoms with Crippen molar-refractivity contribution in [1.29, 1.82) is 0 Å². The highest BCUT2D eigenvalue weighted by Gasteiger charge is 2.12. The minimum absolute atomic E-state index is 0.0992. The van der Waals surface area contributed by atoms with Crippen LogP contribution in [0.1, 0.15) is 27.2 Å². The lowest BCUT2D eigenvalue weighted by atomic mass is 10.1. The zero-order valence-electron chi connectivity index (χ0n) is 11.2. The highest BCUT2D eigenvalue weighted by molar-refractivity contribution is 5.80. The Labute approximate surface area is 99.3 Å². The number of likely N-dealkylation sites (N-methyl/N-ethyl adjacent to an activating group) is 1. The van der Waals surface area contributed by atoms with Gasteiger partial charge in [-0.1, -0.05) is 13.8 Å². The minimum Gasteiger partial charge on any atom is -0.380 e. The van der Waals surface area contributed by atoms with Crippen molar-refractivity contribution in [3.63, 3.8) is 0 Å². The van der Waals surface area contributed by atoms with Crippen LogP contribution in [0.2, 0.25) is 0 Å². The van der Waals surface area contributed by atoms with E-state index in [1.165, 1.54) is 0 Å². The Bertz CT molecular complexity index is 193. The van der Waals surface area contributed by atoms with Gasteiger partial charge in [0.25, 0.3) is 0 Å². The molecule has 16 heavy (non-hydrogen) atoms. The Hall–Kier alpha value is -0.610. The molecule has 0 radical (unpaired) electrons. The van der Waals surface area contributed by atoms with Crippen LogP contribution in [-0.2, 0) is 9.53 Å². The molecule has 96 valence electrons. The molecule has 0 saturated carbocycles. The fraction of sp³-hybridized carbons (Fsp3) is 0.917. The maximum absolute atomic E-state index is 11.5. The number of nitrogens with one attached hydrogen (secondary N) is 1. The zero-order valence-corrected chi connectivity index (χ0v) is 11.2. The Balaban J connectivity index is 3.41. The quantitative estimate of drug-likeness (QED) is 0.635. The standard InChI is InChI=1S/C12H26N2O2/c1-10(2)6-8-16-9-7-13-11(3)12(15)14(4)5/h10-11,13H,6-9H2,1-5H3. The van der Waals surface area contributed by atoms with Gasteiger partial charge in [0, 0.05) is 27.2 Å². The Morgan fingerprint density at radius 2 is 1.88 bits per heavy atom. The summed E-state index contributed by atoms with van der Waals surface area (Å²) in [5.74, 6) is 0.782. The molecule has 1 atom stereocenters. The van der Waals surface area contributed by atoms with Crippen molar-refractivity contribution in [2.45, 2.75) is 33.2 Å². The molecule has 1 N–H and O–H groups in total. The van der Waals surface area contributed by atoms with Crippen LogP contribution in [-0.4, -0.2) is 50.7 Å². The average molecular weight is 230 g/mol. The molecular weight excluding hydrogens is 204 g/mol. The van der Waals surface area contributed by atoms with Gasteiger partial charge in [-0.2, -0.15) is 0 Å². The molecule has 0 spiro atoms. The maximum atomic E-state index is 11.5. The fourth-order valence-corrected chi connectivity index (χ4v) is 1.24. The van der Waals surface area contributed by atoms with Crippen LogP contribution in [0, 0.1) is 5.92 Å². The van der Waals surface area contributed by atoms with Crippen LogP contribution in [0.5, 0.6) is 0 Å². The summed E-state index contributed by atoms with van der Waals surface area (Å²) in [7, 11) is 3.53. The predicted molar refractivity (Wildman–Crippen MR) is 66.4 cm³/mol. The number of rotatable bonds is 8. The minimum atomic E-state index is -0.135. The van der Waals surface area contributed by atoms with Gasteiger partial charge in [0.2, 0.25) is 5.91 Å². The number of carbonyl (C=O) groups is 1. The first-order chi connectivity index (χ1) is 7.45. The van der Waals surface area contributed by atoms with Crippen LogP contribution >= 0.6 is 0 Å². The van der Waals surface area contributed by atoms with E-state index < -0.39 is 0 Å². The third kappa shape index (κ3) is 7.65. The summed E-state index contributed by atoms with van der Waals surface area (Å²) in [5, 5.41) is 3.14. The van der Waals surface area contributed by atoms with Crippen molar-refractivity contribution < 1.29 is 9.53 Å². The average Bonchev–Trinajstić information content (AvgIpc) is 2.21. The molecule has 0 aromatic heterocycles. The SMILES string of the molecule is CC(C)CCOCCNC(C)C(=O)N(C)C. The smallest absolute Gasteiger partial charge is 0.238 e. The molecule has 0 aliphatic rings. The molecule has 0 aliphatic carbocycles. The molecule has 0 rings (SSSR count). The monoisotopic (exact) mass is 230 g/mol. The number of ether oxygens (including phenoxy) is 1. The van der Waals surface area contributed by atoms with Gasteiger partial charge in [-0.3, -0.25) is 4.79 Å².